The van der Waals surface area contributed by atoms with Gasteiger partial charge in [0.05, 0.1) is 19.0 Å². The maximum atomic E-state index is 5.92. The second-order valence-corrected chi connectivity index (χ2v) is 6.35. The third-order valence-electron chi connectivity index (χ3n) is 2.94. The van der Waals surface area contributed by atoms with E-state index in [4.69, 9.17) is 21.1 Å². The quantitative estimate of drug-likeness (QED) is 0.599. The minimum absolute atomic E-state index is 0.0361. The highest BCUT2D eigenvalue weighted by molar-refractivity contribution is 9.11. The van der Waals surface area contributed by atoms with E-state index in [1.807, 2.05) is 36.4 Å². The maximum absolute atomic E-state index is 5.92. The normalized spacial score (nSPS) is 12.1. The third-order valence-corrected chi connectivity index (χ3v) is 4.90. The van der Waals surface area contributed by atoms with E-state index in [9.17, 15) is 0 Å². The summed E-state index contributed by atoms with van der Waals surface area (Å²) in [6.45, 7) is 0. The predicted molar refractivity (Wildman–Crippen MR) is 89.5 cm³/mol. The summed E-state index contributed by atoms with van der Waals surface area (Å²) in [7, 11) is 3.25. The van der Waals surface area contributed by atoms with Gasteiger partial charge < -0.3 is 9.47 Å². The van der Waals surface area contributed by atoms with E-state index < -0.39 is 0 Å². The number of rotatable bonds is 4. The Labute approximate surface area is 140 Å². The predicted octanol–water partition coefficient (Wildman–Crippen LogP) is 5.60. The van der Waals surface area contributed by atoms with Gasteiger partial charge in [-0.1, -0.05) is 55.6 Å². The van der Waals surface area contributed by atoms with Gasteiger partial charge in [-0.25, -0.2) is 0 Å². The molecule has 0 spiro atoms. The molecule has 0 fully saturated rings. The lowest BCUT2D eigenvalue weighted by atomic mass is 10.0. The minimum Gasteiger partial charge on any atom is -0.493 e. The van der Waals surface area contributed by atoms with Gasteiger partial charge in [-0.2, -0.15) is 0 Å². The highest BCUT2D eigenvalue weighted by atomic mass is 79.9. The summed E-state index contributed by atoms with van der Waals surface area (Å²) >= 11 is 13.2. The Morgan fingerprint density at radius 1 is 1.00 bits per heavy atom. The first-order valence-electron chi connectivity index (χ1n) is 5.87. The number of methoxy groups -OCH3 is 2. The fourth-order valence-electron chi connectivity index (χ4n) is 1.88. The monoisotopic (exact) mass is 418 g/mol. The Morgan fingerprint density at radius 2 is 1.55 bits per heavy atom. The summed E-state index contributed by atoms with van der Waals surface area (Å²) in [5.41, 5.74) is 2.17. The Kier molecular flexibility index (Phi) is 5.35. The molecular formula is C15H13Br2ClO2. The van der Waals surface area contributed by atoms with Gasteiger partial charge in [0.15, 0.2) is 11.5 Å². The SMILES string of the molecule is COc1cc(Br)c(C(Br)c2ccc(Cl)cc2)cc1OC. The number of alkyl halides is 1. The van der Waals surface area contributed by atoms with Crippen LogP contribution in [0.5, 0.6) is 11.5 Å². The van der Waals surface area contributed by atoms with E-state index in [0.717, 1.165) is 20.6 Å². The molecule has 2 aromatic rings. The van der Waals surface area contributed by atoms with E-state index in [-0.39, 0.29) is 4.83 Å². The van der Waals surface area contributed by atoms with Crippen molar-refractivity contribution in [1.29, 1.82) is 0 Å². The molecule has 0 heterocycles. The Morgan fingerprint density at radius 3 is 2.10 bits per heavy atom. The Hall–Kier alpha value is -0.710. The van der Waals surface area contributed by atoms with Crippen LogP contribution >= 0.6 is 43.5 Å². The van der Waals surface area contributed by atoms with Gasteiger partial charge >= 0.3 is 0 Å². The molecule has 2 rings (SSSR count). The van der Waals surface area contributed by atoms with Gasteiger partial charge in [0.25, 0.3) is 0 Å². The molecule has 0 aliphatic carbocycles. The van der Waals surface area contributed by atoms with Gasteiger partial charge in [-0.15, -0.1) is 0 Å². The fourth-order valence-corrected chi connectivity index (χ4v) is 3.54. The molecule has 2 nitrogen and oxygen atoms in total. The van der Waals surface area contributed by atoms with Crippen LogP contribution in [0.15, 0.2) is 40.9 Å². The van der Waals surface area contributed by atoms with Crippen molar-refractivity contribution in [2.24, 2.45) is 0 Å². The van der Waals surface area contributed by atoms with Crippen molar-refractivity contribution in [3.05, 3.63) is 57.0 Å². The lowest BCUT2D eigenvalue weighted by Crippen LogP contribution is -1.97. The molecule has 1 unspecified atom stereocenters. The van der Waals surface area contributed by atoms with Crippen LogP contribution in [0.25, 0.3) is 0 Å². The molecule has 0 saturated carbocycles. The zero-order chi connectivity index (χ0) is 14.7. The van der Waals surface area contributed by atoms with Gasteiger partial charge in [0.1, 0.15) is 0 Å². The minimum atomic E-state index is 0.0361. The number of halogens is 3. The maximum Gasteiger partial charge on any atom is 0.161 e. The van der Waals surface area contributed by atoms with Gasteiger partial charge in [0, 0.05) is 9.50 Å². The molecule has 0 radical (unpaired) electrons. The number of hydrogen-bond donors (Lipinski definition) is 0. The van der Waals surface area contributed by atoms with E-state index >= 15 is 0 Å². The second kappa shape index (κ2) is 6.83. The van der Waals surface area contributed by atoms with Crippen molar-refractivity contribution >= 4 is 43.5 Å². The van der Waals surface area contributed by atoms with Crippen LogP contribution < -0.4 is 9.47 Å². The van der Waals surface area contributed by atoms with Gasteiger partial charge in [-0.3, -0.25) is 0 Å². The van der Waals surface area contributed by atoms with Gasteiger partial charge in [0.2, 0.25) is 0 Å². The van der Waals surface area contributed by atoms with Crippen LogP contribution in [0.1, 0.15) is 16.0 Å². The van der Waals surface area contributed by atoms with Crippen molar-refractivity contribution in [2.45, 2.75) is 4.83 Å². The van der Waals surface area contributed by atoms with Gasteiger partial charge in [-0.05, 0) is 35.4 Å². The molecule has 0 saturated heterocycles. The first-order valence-corrected chi connectivity index (χ1v) is 7.96. The smallest absolute Gasteiger partial charge is 0.161 e. The summed E-state index contributed by atoms with van der Waals surface area (Å²) in [4.78, 5) is 0.0361. The number of ether oxygens (including phenoxy) is 2. The molecule has 0 amide bonds. The molecule has 0 aromatic heterocycles. The highest BCUT2D eigenvalue weighted by Crippen LogP contribution is 2.41. The molecule has 1 atom stereocenters. The first kappa shape index (κ1) is 15.7. The van der Waals surface area contributed by atoms with Crippen molar-refractivity contribution in [1.82, 2.24) is 0 Å². The zero-order valence-corrected chi connectivity index (χ0v) is 14.9. The van der Waals surface area contributed by atoms with Crippen LogP contribution in [0.4, 0.5) is 0 Å². The topological polar surface area (TPSA) is 18.5 Å². The molecule has 0 aliphatic rings. The van der Waals surface area contributed by atoms with Crippen LogP contribution in [-0.4, -0.2) is 14.2 Å². The highest BCUT2D eigenvalue weighted by Gasteiger charge is 2.17. The summed E-state index contributed by atoms with van der Waals surface area (Å²) in [6, 6.07) is 11.6. The summed E-state index contributed by atoms with van der Waals surface area (Å²) in [5.74, 6) is 1.39. The second-order valence-electron chi connectivity index (χ2n) is 4.14. The number of hydrogen-bond acceptors (Lipinski definition) is 2. The third kappa shape index (κ3) is 3.30. The molecule has 0 bridgehead atoms. The van der Waals surface area contributed by atoms with Crippen molar-refractivity contribution < 1.29 is 9.47 Å². The zero-order valence-electron chi connectivity index (χ0n) is 11.0. The van der Waals surface area contributed by atoms with Crippen LogP contribution in [0.3, 0.4) is 0 Å². The van der Waals surface area contributed by atoms with Crippen molar-refractivity contribution in [2.75, 3.05) is 14.2 Å². The summed E-state index contributed by atoms with van der Waals surface area (Å²) in [5, 5.41) is 0.722. The van der Waals surface area contributed by atoms with Crippen LogP contribution in [0, 0.1) is 0 Å². The molecule has 106 valence electrons. The van der Waals surface area contributed by atoms with E-state index in [1.54, 1.807) is 14.2 Å². The van der Waals surface area contributed by atoms with Crippen molar-refractivity contribution in [3.63, 3.8) is 0 Å². The fraction of sp³-hybridized carbons (Fsp3) is 0.200. The van der Waals surface area contributed by atoms with Crippen LogP contribution in [0.2, 0.25) is 5.02 Å². The molecule has 5 heteroatoms. The summed E-state index contributed by atoms with van der Waals surface area (Å²) in [6.07, 6.45) is 0. The largest absolute Gasteiger partial charge is 0.493 e. The average molecular weight is 421 g/mol. The molecule has 2 aromatic carbocycles. The van der Waals surface area contributed by atoms with E-state index in [1.165, 1.54) is 0 Å². The first-order chi connectivity index (χ1) is 9.56. The lowest BCUT2D eigenvalue weighted by Gasteiger charge is -2.16. The Bertz CT molecular complexity index is 600. The molecule has 0 N–H and O–H groups in total. The molecule has 20 heavy (non-hydrogen) atoms. The van der Waals surface area contributed by atoms with Crippen LogP contribution in [-0.2, 0) is 0 Å². The summed E-state index contributed by atoms with van der Waals surface area (Å²) < 4.78 is 11.6. The van der Waals surface area contributed by atoms with E-state index in [2.05, 4.69) is 31.9 Å². The number of benzene rings is 2. The van der Waals surface area contributed by atoms with E-state index in [0.29, 0.717) is 11.5 Å². The standard InChI is InChI=1S/C15H13Br2ClO2/c1-19-13-7-11(12(16)8-14(13)20-2)15(17)9-3-5-10(18)6-4-9/h3-8,15H,1-2H3. The molecular weight excluding hydrogens is 407 g/mol. The lowest BCUT2D eigenvalue weighted by molar-refractivity contribution is 0.354. The molecule has 0 aliphatic heterocycles. The average Bonchev–Trinajstić information content (AvgIpc) is 2.47. The van der Waals surface area contributed by atoms with Crippen molar-refractivity contribution in [3.8, 4) is 11.5 Å². The Balaban J connectivity index is 2.43.